The highest BCUT2D eigenvalue weighted by atomic mass is 32.2. The Morgan fingerprint density at radius 3 is 2.74 bits per heavy atom. The van der Waals surface area contributed by atoms with E-state index in [0.29, 0.717) is 29.0 Å². The molecule has 0 bridgehead atoms. The van der Waals surface area contributed by atoms with E-state index in [9.17, 15) is 4.79 Å². The molecule has 4 rings (SSSR count). The molecule has 180 valence electrons. The lowest BCUT2D eigenvalue weighted by Gasteiger charge is -2.28. The van der Waals surface area contributed by atoms with Crippen LogP contribution in [0.3, 0.4) is 0 Å². The Hall–Kier alpha value is -3.04. The van der Waals surface area contributed by atoms with Crippen LogP contribution in [0, 0.1) is 5.92 Å². The number of aromatic nitrogens is 2. The van der Waals surface area contributed by atoms with Crippen LogP contribution in [0.15, 0.2) is 47.8 Å². The van der Waals surface area contributed by atoms with Crippen molar-refractivity contribution in [2.75, 3.05) is 39.2 Å². The number of aryl methyl sites for hydroxylation is 1. The largest absolute Gasteiger partial charge is 0.493 e. The van der Waals surface area contributed by atoms with E-state index in [2.05, 4.69) is 38.9 Å². The molecule has 34 heavy (non-hydrogen) atoms. The Morgan fingerprint density at radius 2 is 1.97 bits per heavy atom. The zero-order valence-corrected chi connectivity index (χ0v) is 20.7. The molecule has 1 fully saturated rings. The predicted octanol–water partition coefficient (Wildman–Crippen LogP) is 4.75. The van der Waals surface area contributed by atoms with Crippen LogP contribution in [0.5, 0.6) is 11.5 Å². The van der Waals surface area contributed by atoms with Crippen molar-refractivity contribution in [3.8, 4) is 11.5 Å². The molecular weight excluding hydrogens is 450 g/mol. The molecule has 3 aromatic rings. The summed E-state index contributed by atoms with van der Waals surface area (Å²) in [6.07, 6.45) is 4.59. The molecule has 2 amide bonds. The average Bonchev–Trinajstić information content (AvgIpc) is 2.86. The Kier molecular flexibility index (Phi) is 8.08. The fourth-order valence-corrected chi connectivity index (χ4v) is 4.64. The molecule has 2 N–H and O–H groups in total. The zero-order chi connectivity index (χ0) is 23.9. The fourth-order valence-electron chi connectivity index (χ4n) is 4.02. The van der Waals surface area contributed by atoms with Crippen LogP contribution >= 0.6 is 11.9 Å². The number of ether oxygens (including phenoxy) is 2. The second-order valence-electron chi connectivity index (χ2n) is 8.43. The first kappa shape index (κ1) is 24.1. The molecule has 9 heteroatoms. The number of amides is 2. The van der Waals surface area contributed by atoms with Crippen LogP contribution < -0.4 is 19.5 Å². The Bertz CT molecular complexity index is 1130. The van der Waals surface area contributed by atoms with E-state index in [1.165, 1.54) is 6.33 Å². The molecule has 0 spiro atoms. The van der Waals surface area contributed by atoms with Gasteiger partial charge >= 0.3 is 6.03 Å². The molecular formula is C25H31N5O3S. The average molecular weight is 482 g/mol. The fraction of sp³-hybridized carbons (Fsp3) is 0.400. The topological polar surface area (TPSA) is 88.6 Å². The molecule has 0 aliphatic carbocycles. The third-order valence-electron chi connectivity index (χ3n) is 6.08. The van der Waals surface area contributed by atoms with Crippen LogP contribution in [0.2, 0.25) is 0 Å². The second kappa shape index (κ2) is 11.4. The number of nitrogens with zero attached hydrogens (tertiary/aromatic N) is 3. The number of methoxy groups -OCH3 is 1. The number of piperidine rings is 1. The third-order valence-corrected chi connectivity index (χ3v) is 6.89. The highest BCUT2D eigenvalue weighted by molar-refractivity contribution is 7.98. The van der Waals surface area contributed by atoms with Gasteiger partial charge in [-0.3, -0.25) is 4.72 Å². The number of carbonyl (C=O) groups excluding carboxylic acids is 1. The summed E-state index contributed by atoms with van der Waals surface area (Å²) in [7, 11) is 3.78. The molecule has 1 aliphatic heterocycles. The van der Waals surface area contributed by atoms with Gasteiger partial charge in [0, 0.05) is 29.1 Å². The number of nitrogens with one attached hydrogen (secondary N) is 2. The van der Waals surface area contributed by atoms with Crippen molar-refractivity contribution >= 4 is 34.6 Å². The van der Waals surface area contributed by atoms with E-state index in [-0.39, 0.29) is 6.03 Å². The predicted molar refractivity (Wildman–Crippen MR) is 136 cm³/mol. The molecule has 0 saturated carbocycles. The Labute approximate surface area is 204 Å². The van der Waals surface area contributed by atoms with Gasteiger partial charge in [-0.1, -0.05) is 25.1 Å². The van der Waals surface area contributed by atoms with Crippen LogP contribution in [0.4, 0.5) is 10.5 Å². The normalized spacial score (nSPS) is 14.7. The number of benzene rings is 2. The number of fused-ring (bicyclic) bond motifs is 1. The molecule has 1 aliphatic rings. The number of para-hydroxylation sites is 1. The maximum Gasteiger partial charge on any atom is 0.329 e. The minimum atomic E-state index is -0.317. The highest BCUT2D eigenvalue weighted by Crippen LogP contribution is 2.35. The number of carbonyl (C=O) groups is 1. The first-order chi connectivity index (χ1) is 16.6. The van der Waals surface area contributed by atoms with Gasteiger partial charge in [-0.05, 0) is 63.0 Å². The lowest BCUT2D eigenvalue weighted by atomic mass is 9.98. The molecule has 1 saturated heterocycles. The molecule has 0 unspecified atom stereocenters. The summed E-state index contributed by atoms with van der Waals surface area (Å²) in [5, 5.41) is 4.31. The SMILES string of the molecule is CCc1ccccc1NC(=O)NSc1ncnc2cc(OCC3CCN(C)CC3)c(OC)cc12. The van der Waals surface area contributed by atoms with Crippen molar-refractivity contribution in [2.45, 2.75) is 31.2 Å². The summed E-state index contributed by atoms with van der Waals surface area (Å²) in [6.45, 7) is 4.91. The number of rotatable bonds is 8. The van der Waals surface area contributed by atoms with E-state index < -0.39 is 0 Å². The van der Waals surface area contributed by atoms with E-state index >= 15 is 0 Å². The van der Waals surface area contributed by atoms with Crippen molar-refractivity contribution in [1.82, 2.24) is 19.6 Å². The molecule has 0 radical (unpaired) electrons. The molecule has 8 nitrogen and oxygen atoms in total. The van der Waals surface area contributed by atoms with E-state index in [0.717, 1.165) is 66.5 Å². The molecule has 2 aromatic carbocycles. The number of likely N-dealkylation sites (tertiary alicyclic amines) is 1. The van der Waals surface area contributed by atoms with Crippen molar-refractivity contribution in [1.29, 1.82) is 0 Å². The summed E-state index contributed by atoms with van der Waals surface area (Å²) in [5.41, 5.74) is 2.60. The lowest BCUT2D eigenvalue weighted by molar-refractivity contribution is 0.157. The number of hydrogen-bond donors (Lipinski definition) is 2. The number of urea groups is 1. The van der Waals surface area contributed by atoms with Crippen LogP contribution in [-0.2, 0) is 6.42 Å². The summed E-state index contributed by atoms with van der Waals surface area (Å²) in [4.78, 5) is 23.6. The monoisotopic (exact) mass is 481 g/mol. The number of hydrogen-bond acceptors (Lipinski definition) is 7. The summed E-state index contributed by atoms with van der Waals surface area (Å²) >= 11 is 1.14. The summed E-state index contributed by atoms with van der Waals surface area (Å²) in [5.74, 6) is 1.83. The van der Waals surface area contributed by atoms with Gasteiger partial charge in [-0.25, -0.2) is 14.8 Å². The summed E-state index contributed by atoms with van der Waals surface area (Å²) in [6, 6.07) is 11.2. The standard InChI is InChI=1S/C25H31N5O3S/c1-4-18-7-5-6-8-20(18)28-25(31)29-34-24-19-13-22(32-3)23(14-21(19)26-16-27-24)33-15-17-9-11-30(2)12-10-17/h5-8,13-14,16-17H,4,9-12,15H2,1-3H3,(H2,28,29,31). The minimum absolute atomic E-state index is 0.317. The quantitative estimate of drug-likeness (QED) is 0.355. The van der Waals surface area contributed by atoms with Crippen molar-refractivity contribution in [3.63, 3.8) is 0 Å². The van der Waals surface area contributed by atoms with Gasteiger partial charge in [0.25, 0.3) is 0 Å². The van der Waals surface area contributed by atoms with Gasteiger partial charge in [0.2, 0.25) is 0 Å². The van der Waals surface area contributed by atoms with Gasteiger partial charge in [0.05, 0.1) is 19.2 Å². The second-order valence-corrected chi connectivity index (χ2v) is 9.22. The van der Waals surface area contributed by atoms with Crippen LogP contribution in [0.1, 0.15) is 25.3 Å². The summed E-state index contributed by atoms with van der Waals surface area (Å²) < 4.78 is 14.6. The van der Waals surface area contributed by atoms with Crippen molar-refractivity contribution in [3.05, 3.63) is 48.3 Å². The first-order valence-electron chi connectivity index (χ1n) is 11.5. The van der Waals surface area contributed by atoms with E-state index in [1.54, 1.807) is 7.11 Å². The van der Waals surface area contributed by atoms with Crippen molar-refractivity contribution < 1.29 is 14.3 Å². The van der Waals surface area contributed by atoms with Gasteiger partial charge in [-0.15, -0.1) is 0 Å². The highest BCUT2D eigenvalue weighted by Gasteiger charge is 2.19. The Balaban J connectivity index is 1.44. The lowest BCUT2D eigenvalue weighted by Crippen LogP contribution is -2.32. The minimum Gasteiger partial charge on any atom is -0.493 e. The maximum absolute atomic E-state index is 12.5. The Morgan fingerprint density at radius 1 is 1.18 bits per heavy atom. The first-order valence-corrected chi connectivity index (χ1v) is 12.3. The van der Waals surface area contributed by atoms with Crippen LogP contribution in [0.25, 0.3) is 10.9 Å². The zero-order valence-electron chi connectivity index (χ0n) is 19.8. The molecule has 0 atom stereocenters. The number of anilines is 1. The van der Waals surface area contributed by atoms with Crippen LogP contribution in [-0.4, -0.2) is 54.8 Å². The van der Waals surface area contributed by atoms with Gasteiger partial charge < -0.3 is 19.7 Å². The maximum atomic E-state index is 12.5. The van der Waals surface area contributed by atoms with Gasteiger partial charge in [0.15, 0.2) is 11.5 Å². The van der Waals surface area contributed by atoms with E-state index in [4.69, 9.17) is 9.47 Å². The smallest absolute Gasteiger partial charge is 0.329 e. The van der Waals surface area contributed by atoms with Gasteiger partial charge in [0.1, 0.15) is 11.4 Å². The third kappa shape index (κ3) is 5.90. The molecule has 1 aromatic heterocycles. The van der Waals surface area contributed by atoms with Crippen molar-refractivity contribution in [2.24, 2.45) is 5.92 Å². The molecule has 2 heterocycles. The van der Waals surface area contributed by atoms with E-state index in [1.807, 2.05) is 36.4 Å². The van der Waals surface area contributed by atoms with Gasteiger partial charge in [-0.2, -0.15) is 0 Å².